The van der Waals surface area contributed by atoms with Crippen LogP contribution in [-0.4, -0.2) is 17.5 Å². The van der Waals surface area contributed by atoms with Crippen molar-refractivity contribution < 1.29 is 4.39 Å². The van der Waals surface area contributed by atoms with Crippen LogP contribution in [0.5, 0.6) is 0 Å². The number of hydrogen-bond acceptors (Lipinski definition) is 5. The normalized spacial score (nSPS) is 13.4. The molecule has 0 fully saturated rings. The van der Waals surface area contributed by atoms with Crippen LogP contribution in [0.25, 0.3) is 10.8 Å². The number of fused-ring (bicyclic) bond motifs is 2. The second-order valence-electron chi connectivity index (χ2n) is 7.22. The van der Waals surface area contributed by atoms with E-state index < -0.39 is 5.82 Å². The van der Waals surface area contributed by atoms with Crippen LogP contribution in [0.1, 0.15) is 21.7 Å². The minimum atomic E-state index is -0.394. The van der Waals surface area contributed by atoms with Gasteiger partial charge < -0.3 is 10.6 Å². The lowest BCUT2D eigenvalue weighted by molar-refractivity contribution is 0.614. The molecule has 5 rings (SSSR count). The van der Waals surface area contributed by atoms with Gasteiger partial charge in [0.25, 0.3) is 0 Å². The Kier molecular flexibility index (Phi) is 4.68. The zero-order valence-electron chi connectivity index (χ0n) is 16.2. The molecule has 0 amide bonds. The molecule has 0 aliphatic carbocycles. The number of rotatable bonds is 3. The smallest absolute Gasteiger partial charge is 0.145 e. The molecule has 0 saturated carbocycles. The number of benzene rings is 2. The lowest BCUT2D eigenvalue weighted by Gasteiger charge is -2.29. The summed E-state index contributed by atoms with van der Waals surface area (Å²) in [4.78, 5) is 12.2. The molecule has 30 heavy (non-hydrogen) atoms. The van der Waals surface area contributed by atoms with Crippen molar-refractivity contribution in [1.29, 1.82) is 0 Å². The maximum atomic E-state index is 14.5. The second-order valence-corrected chi connectivity index (χ2v) is 8.54. The van der Waals surface area contributed by atoms with Gasteiger partial charge in [-0.1, -0.05) is 35.9 Å². The molecular formula is C23H18ClFN4S. The molecule has 0 bridgehead atoms. The van der Waals surface area contributed by atoms with Gasteiger partial charge >= 0.3 is 0 Å². The number of pyridine rings is 1. The fourth-order valence-electron chi connectivity index (χ4n) is 3.97. The number of aliphatic imine (C=N–C) groups is 1. The molecule has 2 aromatic heterocycles. The summed E-state index contributed by atoms with van der Waals surface area (Å²) in [5.41, 5.74) is 10.7. The van der Waals surface area contributed by atoms with Gasteiger partial charge in [0.2, 0.25) is 0 Å². The number of halogens is 2. The van der Waals surface area contributed by atoms with Gasteiger partial charge in [-0.05, 0) is 41.6 Å². The topological polar surface area (TPSA) is 54.5 Å². The van der Waals surface area contributed by atoms with E-state index in [4.69, 9.17) is 17.3 Å². The molecule has 0 unspecified atom stereocenters. The van der Waals surface area contributed by atoms with Crippen molar-refractivity contribution in [3.8, 4) is 0 Å². The average Bonchev–Trinajstić information content (AvgIpc) is 3.23. The lowest BCUT2D eigenvalue weighted by Crippen LogP contribution is -2.28. The van der Waals surface area contributed by atoms with Crippen molar-refractivity contribution in [3.05, 3.63) is 86.6 Å². The van der Waals surface area contributed by atoms with Crippen molar-refractivity contribution in [2.24, 2.45) is 10.7 Å². The van der Waals surface area contributed by atoms with E-state index in [1.807, 2.05) is 11.4 Å². The van der Waals surface area contributed by atoms with Crippen molar-refractivity contribution in [3.63, 3.8) is 0 Å². The van der Waals surface area contributed by atoms with Gasteiger partial charge in [0.05, 0.1) is 27.0 Å². The molecule has 4 aromatic rings. The third-order valence-corrected chi connectivity index (χ3v) is 6.63. The number of nitrogens with two attached hydrogens (primary N) is 1. The van der Waals surface area contributed by atoms with Crippen LogP contribution < -0.4 is 10.6 Å². The highest BCUT2D eigenvalue weighted by atomic mass is 35.5. The van der Waals surface area contributed by atoms with Gasteiger partial charge in [0, 0.05) is 23.4 Å². The number of thiophene rings is 1. The third-order valence-electron chi connectivity index (χ3n) is 5.41. The standard InChI is InChI=1S/C23H18ClFN4S/c1-13-5-6-15-16(21(13)29-12-28-23(26)22-19(29)8-10-30-22)7-9-27-18(15)11-14-3-2-4-17(24)20(14)25/h2-10H,11-12H2,1H3,(H2,26,28). The first-order valence-electron chi connectivity index (χ1n) is 9.50. The summed E-state index contributed by atoms with van der Waals surface area (Å²) in [6.07, 6.45) is 2.14. The number of nitrogens with zero attached hydrogens (tertiary/aromatic N) is 3. The Morgan fingerprint density at radius 1 is 1.17 bits per heavy atom. The Labute approximate surface area is 182 Å². The monoisotopic (exact) mass is 436 g/mol. The van der Waals surface area contributed by atoms with Crippen molar-refractivity contribution in [2.45, 2.75) is 13.3 Å². The molecule has 4 nitrogen and oxygen atoms in total. The Hall–Kier alpha value is -2.96. The van der Waals surface area contributed by atoms with Crippen LogP contribution in [0.3, 0.4) is 0 Å². The highest BCUT2D eigenvalue weighted by Crippen LogP contribution is 2.40. The van der Waals surface area contributed by atoms with E-state index in [1.165, 1.54) is 0 Å². The van der Waals surface area contributed by atoms with Crippen LogP contribution in [0.4, 0.5) is 15.8 Å². The van der Waals surface area contributed by atoms with E-state index in [2.05, 4.69) is 40.0 Å². The Morgan fingerprint density at radius 2 is 2.03 bits per heavy atom. The average molecular weight is 437 g/mol. The molecule has 3 heterocycles. The molecular weight excluding hydrogens is 419 g/mol. The predicted octanol–water partition coefficient (Wildman–Crippen LogP) is 5.80. The van der Waals surface area contributed by atoms with E-state index in [0.29, 0.717) is 24.5 Å². The quantitative estimate of drug-likeness (QED) is 0.441. The van der Waals surface area contributed by atoms with Crippen LogP contribution in [-0.2, 0) is 6.42 Å². The highest BCUT2D eigenvalue weighted by Gasteiger charge is 2.24. The number of hydrogen-bond donors (Lipinski definition) is 1. The third kappa shape index (κ3) is 3.04. The Bertz CT molecular complexity index is 1310. The van der Waals surface area contributed by atoms with Gasteiger partial charge in [0.1, 0.15) is 18.3 Å². The molecule has 1 aliphatic heterocycles. The van der Waals surface area contributed by atoms with E-state index in [0.717, 1.165) is 38.3 Å². The first-order valence-corrected chi connectivity index (χ1v) is 10.8. The Morgan fingerprint density at radius 3 is 2.90 bits per heavy atom. The SMILES string of the molecule is Cc1ccc2c(Cc3cccc(Cl)c3F)nccc2c1N1CN=C(N)c2sccc21. The maximum absolute atomic E-state index is 14.5. The van der Waals surface area contributed by atoms with Gasteiger partial charge in [-0.15, -0.1) is 11.3 Å². The molecule has 0 saturated heterocycles. The minimum absolute atomic E-state index is 0.123. The van der Waals surface area contributed by atoms with Gasteiger partial charge in [-0.25, -0.2) is 9.38 Å². The first-order chi connectivity index (χ1) is 14.5. The van der Waals surface area contributed by atoms with Crippen LogP contribution in [0, 0.1) is 12.7 Å². The van der Waals surface area contributed by atoms with Crippen molar-refractivity contribution >= 4 is 50.9 Å². The summed E-state index contributed by atoms with van der Waals surface area (Å²) < 4.78 is 14.5. The van der Waals surface area contributed by atoms with Gasteiger partial charge in [-0.3, -0.25) is 4.98 Å². The molecule has 0 radical (unpaired) electrons. The van der Waals surface area contributed by atoms with Crippen LogP contribution in [0.15, 0.2) is 59.0 Å². The lowest BCUT2D eigenvalue weighted by atomic mass is 9.99. The summed E-state index contributed by atoms with van der Waals surface area (Å²) >= 11 is 7.56. The molecule has 2 aromatic carbocycles. The van der Waals surface area contributed by atoms with Crippen LogP contribution in [0.2, 0.25) is 5.02 Å². The minimum Gasteiger partial charge on any atom is -0.383 e. The molecule has 2 N–H and O–H groups in total. The van der Waals surface area contributed by atoms with E-state index >= 15 is 0 Å². The van der Waals surface area contributed by atoms with E-state index in [9.17, 15) is 4.39 Å². The summed E-state index contributed by atoms with van der Waals surface area (Å²) in [7, 11) is 0. The van der Waals surface area contributed by atoms with Crippen molar-refractivity contribution in [2.75, 3.05) is 11.6 Å². The molecule has 150 valence electrons. The molecule has 0 atom stereocenters. The van der Waals surface area contributed by atoms with Crippen LogP contribution >= 0.6 is 22.9 Å². The van der Waals surface area contributed by atoms with E-state index in [1.54, 1.807) is 35.7 Å². The Balaban J connectivity index is 1.66. The highest BCUT2D eigenvalue weighted by molar-refractivity contribution is 7.12. The fraction of sp³-hybridized carbons (Fsp3) is 0.130. The summed E-state index contributed by atoms with van der Waals surface area (Å²) in [5.74, 6) is 0.182. The van der Waals surface area contributed by atoms with Gasteiger partial charge in [-0.2, -0.15) is 0 Å². The summed E-state index contributed by atoms with van der Waals surface area (Å²) in [6, 6.07) is 13.3. The molecule has 7 heteroatoms. The van der Waals surface area contributed by atoms with Crippen molar-refractivity contribution in [1.82, 2.24) is 4.98 Å². The van der Waals surface area contributed by atoms with Gasteiger partial charge in [0.15, 0.2) is 0 Å². The first kappa shape index (κ1) is 19.0. The zero-order chi connectivity index (χ0) is 20.8. The molecule has 0 spiro atoms. The number of amidine groups is 1. The predicted molar refractivity (Wildman–Crippen MR) is 123 cm³/mol. The zero-order valence-corrected chi connectivity index (χ0v) is 17.8. The summed E-state index contributed by atoms with van der Waals surface area (Å²) in [5, 5.41) is 4.19. The number of aromatic nitrogens is 1. The molecule has 1 aliphatic rings. The summed E-state index contributed by atoms with van der Waals surface area (Å²) in [6.45, 7) is 2.54. The van der Waals surface area contributed by atoms with E-state index in [-0.39, 0.29) is 5.02 Å². The number of aryl methyl sites for hydroxylation is 1. The largest absolute Gasteiger partial charge is 0.383 e. The fourth-order valence-corrected chi connectivity index (χ4v) is 4.98. The number of anilines is 2. The maximum Gasteiger partial charge on any atom is 0.145 e. The second kappa shape index (κ2) is 7.38.